The number of hydrogen-bond acceptors (Lipinski definition) is 2. The van der Waals surface area contributed by atoms with E-state index in [1.165, 1.54) is 17.5 Å². The second kappa shape index (κ2) is 5.66. The molecule has 0 aromatic heterocycles. The van der Waals surface area contributed by atoms with E-state index in [-0.39, 0.29) is 23.9 Å². The minimum Gasteiger partial charge on any atom is -0.295 e. The van der Waals surface area contributed by atoms with Crippen molar-refractivity contribution in [2.24, 2.45) is 5.92 Å². The highest BCUT2D eigenvalue weighted by atomic mass is 16.1. The number of benzene rings is 3. The zero-order valence-corrected chi connectivity index (χ0v) is 14.5. The molecular weight excluding hydrogens is 308 g/mol. The number of carbonyl (C=O) groups excluding carboxylic acids is 2. The number of hydrogen-bond donors (Lipinski definition) is 0. The van der Waals surface area contributed by atoms with Gasteiger partial charge in [0.05, 0.1) is 5.41 Å². The lowest BCUT2D eigenvalue weighted by atomic mass is 9.63. The van der Waals surface area contributed by atoms with E-state index in [1.54, 1.807) is 0 Å². The molecule has 0 saturated heterocycles. The first-order valence-corrected chi connectivity index (χ1v) is 8.70. The van der Waals surface area contributed by atoms with Crippen LogP contribution in [0.2, 0.25) is 0 Å². The third-order valence-corrected chi connectivity index (χ3v) is 5.53. The van der Waals surface area contributed by atoms with Gasteiger partial charge in [-0.2, -0.15) is 0 Å². The van der Waals surface area contributed by atoms with Crippen molar-refractivity contribution < 1.29 is 9.59 Å². The van der Waals surface area contributed by atoms with Gasteiger partial charge in [-0.1, -0.05) is 56.3 Å². The van der Waals surface area contributed by atoms with E-state index in [9.17, 15) is 9.59 Å². The van der Waals surface area contributed by atoms with Crippen LogP contribution in [-0.4, -0.2) is 11.6 Å². The Morgan fingerprint density at radius 1 is 0.840 bits per heavy atom. The van der Waals surface area contributed by atoms with Crippen molar-refractivity contribution in [3.63, 3.8) is 0 Å². The first kappa shape index (κ1) is 15.8. The van der Waals surface area contributed by atoms with E-state index in [1.807, 2.05) is 38.1 Å². The van der Waals surface area contributed by atoms with E-state index < -0.39 is 5.41 Å². The van der Waals surface area contributed by atoms with Crippen LogP contribution >= 0.6 is 0 Å². The van der Waals surface area contributed by atoms with Crippen molar-refractivity contribution in [3.8, 4) is 0 Å². The summed E-state index contributed by atoms with van der Waals surface area (Å²) in [6, 6.07) is 18.6. The topological polar surface area (TPSA) is 34.1 Å². The molecule has 3 aromatic carbocycles. The van der Waals surface area contributed by atoms with E-state index in [2.05, 4.69) is 30.3 Å². The van der Waals surface area contributed by atoms with Crippen LogP contribution in [0.1, 0.15) is 25.8 Å². The van der Waals surface area contributed by atoms with Crippen molar-refractivity contribution in [2.75, 3.05) is 0 Å². The van der Waals surface area contributed by atoms with Crippen molar-refractivity contribution >= 4 is 33.1 Å². The van der Waals surface area contributed by atoms with E-state index in [0.717, 1.165) is 21.7 Å². The molecule has 0 N–H and O–H groups in total. The van der Waals surface area contributed by atoms with Crippen LogP contribution in [0, 0.1) is 5.92 Å². The second-order valence-electron chi connectivity index (χ2n) is 7.19. The van der Waals surface area contributed by atoms with Gasteiger partial charge >= 0.3 is 0 Å². The molecule has 1 aliphatic carbocycles. The molecule has 1 atom stereocenters. The number of fused-ring (bicyclic) bond motifs is 2. The molecule has 2 heteroatoms. The van der Waals surface area contributed by atoms with Crippen molar-refractivity contribution in [1.29, 1.82) is 0 Å². The van der Waals surface area contributed by atoms with E-state index in [0.29, 0.717) is 0 Å². The summed E-state index contributed by atoms with van der Waals surface area (Å²) in [5, 5.41) is 4.49. The lowest BCUT2D eigenvalue weighted by Gasteiger charge is -2.37. The molecule has 124 valence electrons. The summed E-state index contributed by atoms with van der Waals surface area (Å²) in [5.41, 5.74) is 0.182. The number of ketones is 2. The van der Waals surface area contributed by atoms with Gasteiger partial charge in [-0.15, -0.1) is 0 Å². The monoisotopic (exact) mass is 328 g/mol. The molecule has 0 spiro atoms. The maximum absolute atomic E-state index is 13.0. The zero-order valence-electron chi connectivity index (χ0n) is 14.5. The van der Waals surface area contributed by atoms with Gasteiger partial charge in [-0.05, 0) is 57.3 Å². The molecule has 3 aromatic rings. The summed E-state index contributed by atoms with van der Waals surface area (Å²) < 4.78 is 0. The van der Waals surface area contributed by atoms with Crippen LogP contribution < -0.4 is 0 Å². The lowest BCUT2D eigenvalue weighted by Crippen LogP contribution is -2.44. The fourth-order valence-electron chi connectivity index (χ4n) is 4.12. The molecular formula is C23H20O2. The Bertz CT molecular complexity index is 1040. The van der Waals surface area contributed by atoms with Crippen LogP contribution in [0.5, 0.6) is 0 Å². The maximum atomic E-state index is 13.0. The molecule has 0 heterocycles. The average Bonchev–Trinajstić information content (AvgIpc) is 2.61. The summed E-state index contributed by atoms with van der Waals surface area (Å²) in [4.78, 5) is 25.2. The highest BCUT2D eigenvalue weighted by Gasteiger charge is 2.45. The fraction of sp³-hybridized carbons (Fsp3) is 0.217. The normalized spacial score (nSPS) is 20.8. The van der Waals surface area contributed by atoms with Gasteiger partial charge in [0.25, 0.3) is 0 Å². The summed E-state index contributed by atoms with van der Waals surface area (Å²) in [6.45, 7) is 4.06. The highest BCUT2D eigenvalue weighted by molar-refractivity contribution is 6.13. The van der Waals surface area contributed by atoms with Crippen molar-refractivity contribution in [3.05, 3.63) is 72.3 Å². The van der Waals surface area contributed by atoms with Gasteiger partial charge in [0.2, 0.25) is 0 Å². The molecule has 1 unspecified atom stereocenters. The van der Waals surface area contributed by atoms with Crippen LogP contribution in [0.15, 0.2) is 66.7 Å². The predicted molar refractivity (Wildman–Crippen MR) is 102 cm³/mol. The van der Waals surface area contributed by atoms with Crippen molar-refractivity contribution in [1.82, 2.24) is 0 Å². The van der Waals surface area contributed by atoms with Crippen LogP contribution in [-0.2, 0) is 15.0 Å². The third-order valence-electron chi connectivity index (χ3n) is 5.53. The molecule has 4 rings (SSSR count). The van der Waals surface area contributed by atoms with Crippen LogP contribution in [0.25, 0.3) is 21.5 Å². The minimum atomic E-state index is -0.784. The van der Waals surface area contributed by atoms with E-state index >= 15 is 0 Å². The summed E-state index contributed by atoms with van der Waals surface area (Å²) >= 11 is 0. The van der Waals surface area contributed by atoms with E-state index in [4.69, 9.17) is 0 Å². The Morgan fingerprint density at radius 2 is 1.52 bits per heavy atom. The Labute approximate surface area is 147 Å². The standard InChI is InChI=1S/C23H20O2/c1-15(2)23(14-19(24)10-11-22(23)25)21-9-5-8-18-12-16-6-3-4-7-17(16)13-20(18)21/h3-13,15H,14H2,1-2H3. The molecule has 0 aliphatic heterocycles. The van der Waals surface area contributed by atoms with Gasteiger partial charge in [0.1, 0.15) is 0 Å². The summed E-state index contributed by atoms with van der Waals surface area (Å²) in [5.74, 6) is 0.0832. The number of rotatable bonds is 2. The first-order chi connectivity index (χ1) is 12.0. The minimum absolute atomic E-state index is 0.0195. The van der Waals surface area contributed by atoms with Crippen molar-refractivity contribution in [2.45, 2.75) is 25.7 Å². The summed E-state index contributed by atoms with van der Waals surface area (Å²) in [7, 11) is 0. The maximum Gasteiger partial charge on any atom is 0.167 e. The van der Waals surface area contributed by atoms with Gasteiger partial charge in [-0.25, -0.2) is 0 Å². The number of allylic oxidation sites excluding steroid dienone is 2. The molecule has 0 bridgehead atoms. The SMILES string of the molecule is CC(C)C1(c2cccc3cc4ccccc4cc23)CC(=O)C=CC1=O. The largest absolute Gasteiger partial charge is 0.295 e. The number of carbonyl (C=O) groups is 2. The van der Waals surface area contributed by atoms with Gasteiger partial charge in [0, 0.05) is 6.42 Å². The quantitative estimate of drug-likeness (QED) is 0.621. The highest BCUT2D eigenvalue weighted by Crippen LogP contribution is 2.43. The molecule has 0 amide bonds. The molecule has 0 fully saturated rings. The molecule has 25 heavy (non-hydrogen) atoms. The average molecular weight is 328 g/mol. The second-order valence-corrected chi connectivity index (χ2v) is 7.19. The Morgan fingerprint density at radius 3 is 2.24 bits per heavy atom. The van der Waals surface area contributed by atoms with Gasteiger partial charge in [0.15, 0.2) is 11.6 Å². The zero-order chi connectivity index (χ0) is 17.6. The van der Waals surface area contributed by atoms with Crippen LogP contribution in [0.3, 0.4) is 0 Å². The Hall–Kier alpha value is -2.74. The Balaban J connectivity index is 2.07. The third kappa shape index (κ3) is 2.32. The lowest BCUT2D eigenvalue weighted by molar-refractivity contribution is -0.128. The molecule has 2 nitrogen and oxygen atoms in total. The van der Waals surface area contributed by atoms with Gasteiger partial charge < -0.3 is 0 Å². The Kier molecular flexibility index (Phi) is 3.57. The molecule has 1 aliphatic rings. The molecule has 0 saturated carbocycles. The smallest absolute Gasteiger partial charge is 0.167 e. The summed E-state index contributed by atoms with van der Waals surface area (Å²) in [6.07, 6.45) is 3.13. The molecule has 0 radical (unpaired) electrons. The first-order valence-electron chi connectivity index (χ1n) is 8.70. The fourth-order valence-corrected chi connectivity index (χ4v) is 4.12. The van der Waals surface area contributed by atoms with Crippen LogP contribution in [0.4, 0.5) is 0 Å². The predicted octanol–water partition coefficient (Wildman–Crippen LogP) is 4.98. The van der Waals surface area contributed by atoms with Gasteiger partial charge in [-0.3, -0.25) is 9.59 Å².